The van der Waals surface area contributed by atoms with Gasteiger partial charge < -0.3 is 10.6 Å². The Morgan fingerprint density at radius 3 is 2.39 bits per heavy atom. The monoisotopic (exact) mass is 543 g/mol. The van der Waals surface area contributed by atoms with Crippen LogP contribution in [0.4, 0.5) is 0 Å². The van der Waals surface area contributed by atoms with E-state index in [4.69, 9.17) is 0 Å². The Morgan fingerprint density at radius 1 is 0.805 bits per heavy atom. The van der Waals surface area contributed by atoms with Crippen molar-refractivity contribution >= 4 is 0 Å². The summed E-state index contributed by atoms with van der Waals surface area (Å²) in [5, 5.41) is 7.07. The number of hydrogen-bond donors (Lipinski definition) is 2. The zero-order valence-corrected chi connectivity index (χ0v) is 25.2. The molecule has 3 aromatic carbocycles. The predicted molar refractivity (Wildman–Crippen MR) is 173 cm³/mol. The van der Waals surface area contributed by atoms with Crippen LogP contribution in [-0.4, -0.2) is 18.1 Å². The lowest BCUT2D eigenvalue weighted by molar-refractivity contribution is 0.645. The van der Waals surface area contributed by atoms with Crippen molar-refractivity contribution in [1.29, 1.82) is 0 Å². The lowest BCUT2D eigenvalue weighted by atomic mass is 9.87. The van der Waals surface area contributed by atoms with Crippen LogP contribution in [0.1, 0.15) is 63.4 Å². The second kappa shape index (κ2) is 13.8. The van der Waals surface area contributed by atoms with E-state index in [9.17, 15) is 0 Å². The maximum absolute atomic E-state index is 4.45. The molecule has 1 aliphatic carbocycles. The number of aryl methyl sites for hydroxylation is 5. The third-order valence-corrected chi connectivity index (χ3v) is 8.55. The largest absolute Gasteiger partial charge is 0.388 e. The molecule has 4 aromatic rings. The highest BCUT2D eigenvalue weighted by Crippen LogP contribution is 2.34. The summed E-state index contributed by atoms with van der Waals surface area (Å²) in [6.45, 7) is 13.2. The van der Waals surface area contributed by atoms with Crippen LogP contribution in [0, 0.1) is 13.8 Å². The Kier molecular flexibility index (Phi) is 9.69. The van der Waals surface area contributed by atoms with Gasteiger partial charge in [0, 0.05) is 37.7 Å². The van der Waals surface area contributed by atoms with Crippen LogP contribution in [0.3, 0.4) is 0 Å². The Labute approximate surface area is 247 Å². The van der Waals surface area contributed by atoms with Gasteiger partial charge in [-0.15, -0.1) is 0 Å². The van der Waals surface area contributed by atoms with Crippen molar-refractivity contribution in [1.82, 2.24) is 15.6 Å². The van der Waals surface area contributed by atoms with Gasteiger partial charge in [-0.05, 0) is 127 Å². The van der Waals surface area contributed by atoms with Gasteiger partial charge in [0.05, 0.1) is 0 Å². The molecule has 0 radical (unpaired) electrons. The first-order chi connectivity index (χ1) is 20.0. The van der Waals surface area contributed by atoms with Crippen LogP contribution >= 0.6 is 0 Å². The number of rotatable bonds is 13. The first-order valence-electron chi connectivity index (χ1n) is 15.3. The zero-order chi connectivity index (χ0) is 28.6. The lowest BCUT2D eigenvalue weighted by Crippen LogP contribution is -2.26. The minimum Gasteiger partial charge on any atom is -0.388 e. The molecular formula is C38H45N3. The Hall–Kier alpha value is -3.69. The van der Waals surface area contributed by atoms with Gasteiger partial charge in [0.2, 0.25) is 0 Å². The third kappa shape index (κ3) is 7.34. The summed E-state index contributed by atoms with van der Waals surface area (Å²) in [5.74, 6) is 0. The molecule has 212 valence electrons. The fourth-order valence-corrected chi connectivity index (χ4v) is 6.44. The molecule has 0 fully saturated rings. The highest BCUT2D eigenvalue weighted by molar-refractivity contribution is 5.68. The average molecular weight is 544 g/mol. The van der Waals surface area contributed by atoms with E-state index in [2.05, 4.69) is 96.7 Å². The number of aromatic nitrogens is 1. The van der Waals surface area contributed by atoms with E-state index in [1.807, 2.05) is 19.3 Å². The molecule has 41 heavy (non-hydrogen) atoms. The molecule has 1 heterocycles. The number of nitrogens with one attached hydrogen (secondary N) is 2. The molecule has 1 aromatic heterocycles. The van der Waals surface area contributed by atoms with Gasteiger partial charge in [0.25, 0.3) is 0 Å². The van der Waals surface area contributed by atoms with Crippen molar-refractivity contribution in [2.24, 2.45) is 0 Å². The molecule has 0 spiro atoms. The van der Waals surface area contributed by atoms with Crippen molar-refractivity contribution in [2.75, 3.05) is 13.1 Å². The molecule has 0 aliphatic heterocycles. The van der Waals surface area contributed by atoms with Crippen LogP contribution in [0.25, 0.3) is 11.1 Å². The van der Waals surface area contributed by atoms with E-state index in [0.717, 1.165) is 51.0 Å². The van der Waals surface area contributed by atoms with Crippen molar-refractivity contribution in [3.05, 3.63) is 135 Å². The molecule has 0 atom stereocenters. The zero-order valence-electron chi connectivity index (χ0n) is 25.2. The molecule has 3 nitrogen and oxygen atoms in total. The molecule has 5 rings (SSSR count). The molecular weight excluding hydrogens is 498 g/mol. The number of nitrogens with zero attached hydrogens (tertiary/aromatic N) is 1. The average Bonchev–Trinajstić information content (AvgIpc) is 3.47. The normalized spacial score (nSPS) is 12.4. The topological polar surface area (TPSA) is 37.0 Å². The highest BCUT2D eigenvalue weighted by atomic mass is 14.9. The lowest BCUT2D eigenvalue weighted by Gasteiger charge is -2.20. The second-order valence-corrected chi connectivity index (χ2v) is 11.7. The molecule has 1 aliphatic rings. The van der Waals surface area contributed by atoms with Crippen LogP contribution < -0.4 is 10.6 Å². The van der Waals surface area contributed by atoms with Gasteiger partial charge >= 0.3 is 0 Å². The molecule has 2 N–H and O–H groups in total. The van der Waals surface area contributed by atoms with Crippen molar-refractivity contribution in [3.63, 3.8) is 0 Å². The van der Waals surface area contributed by atoms with Crippen LogP contribution in [0.15, 0.2) is 85.3 Å². The van der Waals surface area contributed by atoms with E-state index in [0.29, 0.717) is 0 Å². The summed E-state index contributed by atoms with van der Waals surface area (Å²) in [7, 11) is 0. The number of hydrogen-bond acceptors (Lipinski definition) is 3. The number of fused-ring (bicyclic) bond motifs is 1. The summed E-state index contributed by atoms with van der Waals surface area (Å²) < 4.78 is 0. The molecule has 0 unspecified atom stereocenters. The molecule has 3 heteroatoms. The molecule has 0 saturated heterocycles. The number of allylic oxidation sites excluding steroid dienone is 1. The highest BCUT2D eigenvalue weighted by Gasteiger charge is 2.22. The van der Waals surface area contributed by atoms with Gasteiger partial charge in [-0.25, -0.2) is 0 Å². The number of benzene rings is 3. The van der Waals surface area contributed by atoms with Gasteiger partial charge in [0.1, 0.15) is 0 Å². The first-order valence-corrected chi connectivity index (χ1v) is 15.3. The van der Waals surface area contributed by atoms with Crippen LogP contribution in [-0.2, 0) is 45.1 Å². The van der Waals surface area contributed by atoms with E-state index in [1.54, 1.807) is 22.3 Å². The quantitative estimate of drug-likeness (QED) is 0.170. The minimum absolute atomic E-state index is 0.904. The SMILES string of the molecule is C=C(C)NCCNCc1c(CCc2cncc(C)c2)cc(CCc2cccc(-c3ccccc3)c2C)c2c1CCC2. The fourth-order valence-electron chi connectivity index (χ4n) is 6.44. The predicted octanol–water partition coefficient (Wildman–Crippen LogP) is 7.64. The van der Waals surface area contributed by atoms with Crippen molar-refractivity contribution in [2.45, 2.75) is 72.3 Å². The summed E-state index contributed by atoms with van der Waals surface area (Å²) >= 11 is 0. The molecule has 0 amide bonds. The van der Waals surface area contributed by atoms with Crippen LogP contribution in [0.5, 0.6) is 0 Å². The van der Waals surface area contributed by atoms with Gasteiger partial charge in [-0.2, -0.15) is 0 Å². The Balaban J connectivity index is 1.40. The van der Waals surface area contributed by atoms with Gasteiger partial charge in [-0.1, -0.05) is 67.2 Å². The Morgan fingerprint density at radius 2 is 1.59 bits per heavy atom. The van der Waals surface area contributed by atoms with E-state index < -0.39 is 0 Å². The summed E-state index contributed by atoms with van der Waals surface area (Å²) in [4.78, 5) is 4.45. The van der Waals surface area contributed by atoms with E-state index in [-0.39, 0.29) is 0 Å². The summed E-state index contributed by atoms with van der Waals surface area (Å²) in [6.07, 6.45) is 11.9. The molecule has 0 bridgehead atoms. The maximum atomic E-state index is 4.45. The standard InChI is InChI=1S/C38H45N3/c1-27(2)41-21-20-39-26-38-34(17-16-30-22-28(3)24-40-25-30)23-33(36-14-9-15-37(36)38)19-18-31-12-8-13-35(29(31)4)32-10-6-5-7-11-32/h5-8,10-13,22-25,39,41H,1,9,14-21,26H2,2-4H3. The summed E-state index contributed by atoms with van der Waals surface area (Å²) in [5.41, 5.74) is 17.0. The third-order valence-electron chi connectivity index (χ3n) is 8.55. The minimum atomic E-state index is 0.904. The Bertz CT molecular complexity index is 1490. The van der Waals surface area contributed by atoms with Gasteiger partial charge in [-0.3, -0.25) is 4.98 Å². The van der Waals surface area contributed by atoms with Crippen LogP contribution in [0.2, 0.25) is 0 Å². The molecule has 0 saturated carbocycles. The first kappa shape index (κ1) is 28.8. The maximum Gasteiger partial charge on any atom is 0.0300 e. The second-order valence-electron chi connectivity index (χ2n) is 11.7. The smallest absolute Gasteiger partial charge is 0.0300 e. The van der Waals surface area contributed by atoms with E-state index >= 15 is 0 Å². The number of pyridine rings is 1. The summed E-state index contributed by atoms with van der Waals surface area (Å²) in [6, 6.07) is 22.5. The van der Waals surface area contributed by atoms with E-state index in [1.165, 1.54) is 58.2 Å². The fraction of sp³-hybridized carbons (Fsp3) is 0.342. The van der Waals surface area contributed by atoms with Crippen molar-refractivity contribution in [3.8, 4) is 11.1 Å². The van der Waals surface area contributed by atoms with Gasteiger partial charge in [0.15, 0.2) is 0 Å². The van der Waals surface area contributed by atoms with Crippen molar-refractivity contribution < 1.29 is 0 Å².